The van der Waals surface area contributed by atoms with Crippen molar-refractivity contribution >= 4 is 11.8 Å². The molecule has 0 aliphatic carbocycles. The van der Waals surface area contributed by atoms with Crippen LogP contribution >= 0.6 is 0 Å². The fraction of sp³-hybridized carbons (Fsp3) is 0.462. The first-order valence-electron chi connectivity index (χ1n) is 6.25. The smallest absolute Gasteiger partial charge is 0.258 e. The number of carbonyl (C=O) groups is 2. The predicted octanol–water partition coefficient (Wildman–Crippen LogP) is 0.961. The van der Waals surface area contributed by atoms with Crippen LogP contribution in [0.3, 0.4) is 0 Å². The van der Waals surface area contributed by atoms with Gasteiger partial charge < -0.3 is 10.2 Å². The highest BCUT2D eigenvalue weighted by Crippen LogP contribution is 2.15. The van der Waals surface area contributed by atoms with Gasteiger partial charge in [-0.25, -0.2) is 4.98 Å². The lowest BCUT2D eigenvalue weighted by molar-refractivity contribution is -0.120. The molecular formula is C13H16FN3O2. The van der Waals surface area contributed by atoms with Gasteiger partial charge in [0.2, 0.25) is 11.9 Å². The van der Waals surface area contributed by atoms with Gasteiger partial charge in [0.05, 0.1) is 5.56 Å². The molecule has 1 N–H and O–H groups in total. The number of nitrogens with one attached hydrogen (secondary N) is 1. The van der Waals surface area contributed by atoms with Gasteiger partial charge in [-0.2, -0.15) is 4.39 Å². The summed E-state index contributed by atoms with van der Waals surface area (Å²) in [7, 11) is 0. The Morgan fingerprint density at radius 1 is 1.53 bits per heavy atom. The van der Waals surface area contributed by atoms with Gasteiger partial charge in [0.1, 0.15) is 0 Å². The predicted molar refractivity (Wildman–Crippen MR) is 66.9 cm³/mol. The normalized spacial score (nSPS) is 19.1. The molecule has 2 amide bonds. The molecule has 0 bridgehead atoms. The van der Waals surface area contributed by atoms with Crippen molar-refractivity contribution in [2.24, 2.45) is 0 Å². The zero-order chi connectivity index (χ0) is 13.8. The summed E-state index contributed by atoms with van der Waals surface area (Å²) in [4.78, 5) is 28.3. The molecule has 0 saturated carbocycles. The summed E-state index contributed by atoms with van der Waals surface area (Å²) in [5.41, 5.74) is -0.0222. The molecule has 1 aliphatic rings. The van der Waals surface area contributed by atoms with Crippen molar-refractivity contribution in [2.75, 3.05) is 13.1 Å². The minimum absolute atomic E-state index is 0.0222. The van der Waals surface area contributed by atoms with Gasteiger partial charge in [-0.3, -0.25) is 9.59 Å². The van der Waals surface area contributed by atoms with E-state index in [0.717, 1.165) is 12.8 Å². The van der Waals surface area contributed by atoms with Crippen molar-refractivity contribution in [3.8, 4) is 0 Å². The van der Waals surface area contributed by atoms with E-state index < -0.39 is 5.95 Å². The zero-order valence-electron chi connectivity index (χ0n) is 10.7. The summed E-state index contributed by atoms with van der Waals surface area (Å²) >= 11 is 0. The minimum Gasteiger partial charge on any atom is -0.352 e. The standard InChI is InChI=1S/C13H16FN3O2/c1-9(18)16-10-4-3-7-17(8-10)13(19)11-5-2-6-15-12(11)14/h2,5-6,10H,3-4,7-8H2,1H3,(H,16,18). The fourth-order valence-electron chi connectivity index (χ4n) is 2.28. The zero-order valence-corrected chi connectivity index (χ0v) is 10.7. The highest BCUT2D eigenvalue weighted by atomic mass is 19.1. The number of amides is 2. The third-order valence-corrected chi connectivity index (χ3v) is 3.11. The largest absolute Gasteiger partial charge is 0.352 e. The molecule has 1 saturated heterocycles. The minimum atomic E-state index is -0.755. The Balaban J connectivity index is 2.07. The van der Waals surface area contributed by atoms with Crippen molar-refractivity contribution in [3.63, 3.8) is 0 Å². The van der Waals surface area contributed by atoms with Crippen LogP contribution in [-0.4, -0.2) is 40.8 Å². The number of aromatic nitrogens is 1. The number of piperidine rings is 1. The first-order valence-corrected chi connectivity index (χ1v) is 6.25. The van der Waals surface area contributed by atoms with Crippen LogP contribution in [-0.2, 0) is 4.79 Å². The van der Waals surface area contributed by atoms with E-state index in [9.17, 15) is 14.0 Å². The van der Waals surface area contributed by atoms with Gasteiger partial charge >= 0.3 is 0 Å². The van der Waals surface area contributed by atoms with Crippen molar-refractivity contribution in [2.45, 2.75) is 25.8 Å². The van der Waals surface area contributed by atoms with E-state index in [0.29, 0.717) is 13.1 Å². The van der Waals surface area contributed by atoms with E-state index in [-0.39, 0.29) is 23.4 Å². The number of carbonyl (C=O) groups excluding carboxylic acids is 2. The molecule has 1 aliphatic heterocycles. The molecule has 1 fully saturated rings. The van der Waals surface area contributed by atoms with Crippen LogP contribution in [0.5, 0.6) is 0 Å². The molecule has 2 rings (SSSR count). The van der Waals surface area contributed by atoms with Gasteiger partial charge in [-0.05, 0) is 25.0 Å². The first kappa shape index (κ1) is 13.5. The van der Waals surface area contributed by atoms with Crippen LogP contribution in [0.1, 0.15) is 30.1 Å². The Hall–Kier alpha value is -1.98. The van der Waals surface area contributed by atoms with Crippen LogP contribution in [0.15, 0.2) is 18.3 Å². The average molecular weight is 265 g/mol. The van der Waals surface area contributed by atoms with Crippen LogP contribution < -0.4 is 5.32 Å². The maximum Gasteiger partial charge on any atom is 0.258 e. The third-order valence-electron chi connectivity index (χ3n) is 3.11. The lowest BCUT2D eigenvalue weighted by Gasteiger charge is -2.33. The Morgan fingerprint density at radius 2 is 2.32 bits per heavy atom. The maximum atomic E-state index is 13.5. The van der Waals surface area contributed by atoms with Gasteiger partial charge in [0, 0.05) is 32.3 Å². The van der Waals surface area contributed by atoms with Crippen LogP contribution in [0, 0.1) is 5.95 Å². The number of rotatable bonds is 2. The Morgan fingerprint density at radius 3 is 3.00 bits per heavy atom. The maximum absolute atomic E-state index is 13.5. The number of halogens is 1. The Kier molecular flexibility index (Phi) is 4.09. The quantitative estimate of drug-likeness (QED) is 0.810. The molecule has 0 aromatic carbocycles. The molecule has 5 nitrogen and oxygen atoms in total. The number of hydrogen-bond donors (Lipinski definition) is 1. The Bertz CT molecular complexity index is 493. The van der Waals surface area contributed by atoms with Crippen molar-refractivity contribution < 1.29 is 14.0 Å². The molecule has 1 unspecified atom stereocenters. The van der Waals surface area contributed by atoms with E-state index in [1.54, 1.807) is 4.90 Å². The van der Waals surface area contributed by atoms with Crippen LogP contribution in [0.25, 0.3) is 0 Å². The lowest BCUT2D eigenvalue weighted by atomic mass is 10.0. The van der Waals surface area contributed by atoms with Crippen molar-refractivity contribution in [3.05, 3.63) is 29.8 Å². The first-order chi connectivity index (χ1) is 9.08. The number of hydrogen-bond acceptors (Lipinski definition) is 3. The van der Waals surface area contributed by atoms with Gasteiger partial charge in [0.15, 0.2) is 0 Å². The van der Waals surface area contributed by atoms with Gasteiger partial charge in [-0.15, -0.1) is 0 Å². The van der Waals surface area contributed by atoms with E-state index >= 15 is 0 Å². The molecule has 0 radical (unpaired) electrons. The second-order valence-corrected chi connectivity index (χ2v) is 4.63. The Labute approximate surface area is 110 Å². The molecular weight excluding hydrogens is 249 g/mol. The summed E-state index contributed by atoms with van der Waals surface area (Å²) < 4.78 is 13.5. The number of pyridine rings is 1. The summed E-state index contributed by atoms with van der Waals surface area (Å²) in [5, 5.41) is 2.79. The van der Waals surface area contributed by atoms with Crippen LogP contribution in [0.4, 0.5) is 4.39 Å². The summed E-state index contributed by atoms with van der Waals surface area (Å²) in [6, 6.07) is 2.90. The second kappa shape index (κ2) is 5.77. The second-order valence-electron chi connectivity index (χ2n) is 4.63. The molecule has 1 aromatic rings. The summed E-state index contributed by atoms with van der Waals surface area (Å²) in [5.74, 6) is -1.25. The summed E-state index contributed by atoms with van der Waals surface area (Å²) in [6.45, 7) is 2.43. The van der Waals surface area contributed by atoms with Crippen molar-refractivity contribution in [1.29, 1.82) is 0 Å². The van der Waals surface area contributed by atoms with Crippen LogP contribution in [0.2, 0.25) is 0 Å². The van der Waals surface area contributed by atoms with Gasteiger partial charge in [-0.1, -0.05) is 0 Å². The molecule has 102 valence electrons. The number of likely N-dealkylation sites (tertiary alicyclic amines) is 1. The average Bonchev–Trinajstić information content (AvgIpc) is 2.38. The van der Waals surface area contributed by atoms with Crippen molar-refractivity contribution in [1.82, 2.24) is 15.2 Å². The lowest BCUT2D eigenvalue weighted by Crippen LogP contribution is -2.49. The molecule has 1 aromatic heterocycles. The third kappa shape index (κ3) is 3.27. The van der Waals surface area contributed by atoms with E-state index in [1.807, 2.05) is 0 Å². The fourth-order valence-corrected chi connectivity index (χ4v) is 2.28. The SMILES string of the molecule is CC(=O)NC1CCCN(C(=O)c2cccnc2F)C1. The van der Waals surface area contributed by atoms with Gasteiger partial charge in [0.25, 0.3) is 5.91 Å². The molecule has 19 heavy (non-hydrogen) atoms. The summed E-state index contributed by atoms with van der Waals surface area (Å²) in [6.07, 6.45) is 2.93. The van der Waals surface area contributed by atoms with E-state index in [2.05, 4.69) is 10.3 Å². The molecule has 0 spiro atoms. The topological polar surface area (TPSA) is 62.3 Å². The van der Waals surface area contributed by atoms with E-state index in [4.69, 9.17) is 0 Å². The highest BCUT2D eigenvalue weighted by molar-refractivity contribution is 5.94. The molecule has 2 heterocycles. The molecule has 6 heteroatoms. The highest BCUT2D eigenvalue weighted by Gasteiger charge is 2.26. The monoisotopic (exact) mass is 265 g/mol. The van der Waals surface area contributed by atoms with E-state index in [1.165, 1.54) is 25.3 Å². The molecule has 1 atom stereocenters. The number of nitrogens with zero attached hydrogens (tertiary/aromatic N) is 2.